The summed E-state index contributed by atoms with van der Waals surface area (Å²) in [6, 6.07) is 10.6. The van der Waals surface area contributed by atoms with Crippen LogP contribution in [-0.2, 0) is 5.54 Å². The maximum Gasteiger partial charge on any atom is 0.0821 e. The fourth-order valence-electron chi connectivity index (χ4n) is 1.73. The number of aliphatic imine (C=N–C) groups is 1. The predicted molar refractivity (Wildman–Crippen MR) is 72.1 cm³/mol. The first-order valence-electron chi connectivity index (χ1n) is 6.32. The van der Waals surface area contributed by atoms with Crippen LogP contribution in [0.25, 0.3) is 0 Å². The van der Waals surface area contributed by atoms with Gasteiger partial charge in [0.2, 0.25) is 0 Å². The maximum absolute atomic E-state index is 4.76. The molecule has 1 heteroatoms. The molecule has 1 aromatic carbocycles. The summed E-state index contributed by atoms with van der Waals surface area (Å²) in [5.74, 6) is 0. The molecule has 1 atom stereocenters. The fraction of sp³-hybridized carbons (Fsp3) is 0.533. The minimum atomic E-state index is -0.0466. The molecule has 0 aliphatic heterocycles. The molecule has 0 radical (unpaired) electrons. The second-order valence-electron chi connectivity index (χ2n) is 4.45. The molecule has 1 unspecified atom stereocenters. The SMILES string of the molecule is CCCCC=NC(C)(CC)c1ccccc1. The lowest BCUT2D eigenvalue weighted by atomic mass is 9.90. The number of rotatable bonds is 6. The predicted octanol–water partition coefficient (Wildman–Crippen LogP) is 4.57. The summed E-state index contributed by atoms with van der Waals surface area (Å²) in [5, 5.41) is 0. The van der Waals surface area contributed by atoms with E-state index in [1.165, 1.54) is 18.4 Å². The lowest BCUT2D eigenvalue weighted by molar-refractivity contribution is 0.481. The highest BCUT2D eigenvalue weighted by Gasteiger charge is 2.21. The number of benzene rings is 1. The topological polar surface area (TPSA) is 12.4 Å². The van der Waals surface area contributed by atoms with Crippen LogP contribution in [0.4, 0.5) is 0 Å². The van der Waals surface area contributed by atoms with E-state index in [0.717, 1.165) is 12.8 Å². The maximum atomic E-state index is 4.76. The molecule has 0 saturated carbocycles. The molecule has 1 aromatic rings. The van der Waals surface area contributed by atoms with Crippen LogP contribution in [0, 0.1) is 0 Å². The summed E-state index contributed by atoms with van der Waals surface area (Å²) in [4.78, 5) is 4.76. The lowest BCUT2D eigenvalue weighted by Crippen LogP contribution is -2.17. The van der Waals surface area contributed by atoms with E-state index in [0.29, 0.717) is 0 Å². The second-order valence-corrected chi connectivity index (χ2v) is 4.45. The van der Waals surface area contributed by atoms with Gasteiger partial charge in [-0.15, -0.1) is 0 Å². The number of hydrogen-bond donors (Lipinski definition) is 0. The number of nitrogens with zero attached hydrogens (tertiary/aromatic N) is 1. The Morgan fingerprint density at radius 2 is 1.88 bits per heavy atom. The molecule has 0 saturated heterocycles. The zero-order valence-corrected chi connectivity index (χ0v) is 10.7. The lowest BCUT2D eigenvalue weighted by Gasteiger charge is -2.24. The van der Waals surface area contributed by atoms with Gasteiger partial charge in [0.25, 0.3) is 0 Å². The van der Waals surface area contributed by atoms with Crippen molar-refractivity contribution in [3.8, 4) is 0 Å². The van der Waals surface area contributed by atoms with Crippen molar-refractivity contribution in [1.29, 1.82) is 0 Å². The van der Waals surface area contributed by atoms with Crippen molar-refractivity contribution in [3.05, 3.63) is 35.9 Å². The quantitative estimate of drug-likeness (QED) is 0.489. The minimum Gasteiger partial charge on any atom is -0.286 e. The molecule has 16 heavy (non-hydrogen) atoms. The van der Waals surface area contributed by atoms with E-state index in [1.807, 2.05) is 0 Å². The third kappa shape index (κ3) is 3.48. The van der Waals surface area contributed by atoms with Crippen LogP contribution in [-0.4, -0.2) is 6.21 Å². The number of unbranched alkanes of at least 4 members (excludes halogenated alkanes) is 2. The smallest absolute Gasteiger partial charge is 0.0821 e. The van der Waals surface area contributed by atoms with Gasteiger partial charge < -0.3 is 0 Å². The van der Waals surface area contributed by atoms with Gasteiger partial charge in [0.05, 0.1) is 5.54 Å². The van der Waals surface area contributed by atoms with Gasteiger partial charge in [-0.1, -0.05) is 50.6 Å². The van der Waals surface area contributed by atoms with Crippen molar-refractivity contribution >= 4 is 6.21 Å². The Balaban J connectivity index is 2.74. The Hall–Kier alpha value is -1.11. The Morgan fingerprint density at radius 1 is 1.19 bits per heavy atom. The first kappa shape index (κ1) is 13.0. The summed E-state index contributed by atoms with van der Waals surface area (Å²) >= 11 is 0. The normalized spacial score (nSPS) is 15.2. The minimum absolute atomic E-state index is 0.0466. The molecular weight excluding hydrogens is 194 g/mol. The van der Waals surface area contributed by atoms with Gasteiger partial charge in [-0.3, -0.25) is 4.99 Å². The van der Waals surface area contributed by atoms with Gasteiger partial charge in [0.15, 0.2) is 0 Å². The highest BCUT2D eigenvalue weighted by Crippen LogP contribution is 2.28. The van der Waals surface area contributed by atoms with Crippen molar-refractivity contribution in [2.45, 2.75) is 52.0 Å². The van der Waals surface area contributed by atoms with Crippen LogP contribution in [0.5, 0.6) is 0 Å². The van der Waals surface area contributed by atoms with E-state index in [-0.39, 0.29) is 5.54 Å². The Morgan fingerprint density at radius 3 is 2.44 bits per heavy atom. The standard InChI is InChI=1S/C15H23N/c1-4-6-10-13-16-15(3,5-2)14-11-8-7-9-12-14/h7-9,11-13H,4-6,10H2,1-3H3. The van der Waals surface area contributed by atoms with Gasteiger partial charge in [0.1, 0.15) is 0 Å². The average molecular weight is 217 g/mol. The molecular formula is C15H23N. The molecule has 0 aromatic heterocycles. The van der Waals surface area contributed by atoms with Crippen molar-refractivity contribution in [1.82, 2.24) is 0 Å². The van der Waals surface area contributed by atoms with Crippen LogP contribution in [0.3, 0.4) is 0 Å². The Labute approximate surface area is 99.6 Å². The third-order valence-electron chi connectivity index (χ3n) is 3.15. The average Bonchev–Trinajstić information content (AvgIpc) is 2.35. The van der Waals surface area contributed by atoms with Gasteiger partial charge >= 0.3 is 0 Å². The number of hydrogen-bond acceptors (Lipinski definition) is 1. The van der Waals surface area contributed by atoms with Crippen LogP contribution >= 0.6 is 0 Å². The summed E-state index contributed by atoms with van der Waals surface area (Å²) in [7, 11) is 0. The van der Waals surface area contributed by atoms with Crippen molar-refractivity contribution in [2.75, 3.05) is 0 Å². The van der Waals surface area contributed by atoms with E-state index in [2.05, 4.69) is 57.3 Å². The van der Waals surface area contributed by atoms with Gasteiger partial charge in [-0.2, -0.15) is 0 Å². The molecule has 0 amide bonds. The molecule has 0 aliphatic rings. The van der Waals surface area contributed by atoms with E-state index in [9.17, 15) is 0 Å². The second kappa shape index (κ2) is 6.47. The highest BCUT2D eigenvalue weighted by atomic mass is 14.8. The van der Waals surface area contributed by atoms with E-state index < -0.39 is 0 Å². The molecule has 0 spiro atoms. The van der Waals surface area contributed by atoms with Crippen LogP contribution in [0.15, 0.2) is 35.3 Å². The summed E-state index contributed by atoms with van der Waals surface area (Å²) < 4.78 is 0. The van der Waals surface area contributed by atoms with Crippen molar-refractivity contribution < 1.29 is 0 Å². The first-order chi connectivity index (χ1) is 7.73. The molecule has 88 valence electrons. The monoisotopic (exact) mass is 217 g/mol. The Kier molecular flexibility index (Phi) is 5.24. The van der Waals surface area contributed by atoms with E-state index >= 15 is 0 Å². The molecule has 0 fully saturated rings. The van der Waals surface area contributed by atoms with Gasteiger partial charge in [-0.25, -0.2) is 0 Å². The van der Waals surface area contributed by atoms with Crippen LogP contribution < -0.4 is 0 Å². The van der Waals surface area contributed by atoms with E-state index in [1.54, 1.807) is 0 Å². The zero-order valence-electron chi connectivity index (χ0n) is 10.7. The largest absolute Gasteiger partial charge is 0.286 e. The Bertz CT molecular complexity index is 315. The van der Waals surface area contributed by atoms with Gasteiger partial charge in [-0.05, 0) is 38.0 Å². The van der Waals surface area contributed by atoms with Crippen LogP contribution in [0.2, 0.25) is 0 Å². The molecule has 1 nitrogen and oxygen atoms in total. The first-order valence-corrected chi connectivity index (χ1v) is 6.32. The summed E-state index contributed by atoms with van der Waals surface area (Å²) in [5.41, 5.74) is 1.26. The molecule has 0 N–H and O–H groups in total. The molecule has 0 bridgehead atoms. The molecule has 0 heterocycles. The summed E-state index contributed by atoms with van der Waals surface area (Å²) in [6.07, 6.45) is 6.71. The van der Waals surface area contributed by atoms with Crippen LogP contribution in [0.1, 0.15) is 52.0 Å². The van der Waals surface area contributed by atoms with Crippen molar-refractivity contribution in [3.63, 3.8) is 0 Å². The molecule has 0 aliphatic carbocycles. The van der Waals surface area contributed by atoms with Crippen molar-refractivity contribution in [2.24, 2.45) is 4.99 Å². The molecule has 1 rings (SSSR count). The van der Waals surface area contributed by atoms with Gasteiger partial charge in [0, 0.05) is 0 Å². The fourth-order valence-corrected chi connectivity index (χ4v) is 1.73. The highest BCUT2D eigenvalue weighted by molar-refractivity contribution is 5.58. The zero-order chi connectivity index (χ0) is 11.9. The third-order valence-corrected chi connectivity index (χ3v) is 3.15. The summed E-state index contributed by atoms with van der Waals surface area (Å²) in [6.45, 7) is 6.62. The van der Waals surface area contributed by atoms with E-state index in [4.69, 9.17) is 4.99 Å².